The molecule has 0 spiro atoms. The summed E-state index contributed by atoms with van der Waals surface area (Å²) in [5.41, 5.74) is 3.54. The Morgan fingerprint density at radius 3 is 2.74 bits per heavy atom. The number of benzene rings is 2. The van der Waals surface area contributed by atoms with Crippen molar-refractivity contribution in [3.63, 3.8) is 0 Å². The molecule has 5 nitrogen and oxygen atoms in total. The van der Waals surface area contributed by atoms with E-state index in [0.717, 1.165) is 28.0 Å². The van der Waals surface area contributed by atoms with Crippen LogP contribution in [0.3, 0.4) is 0 Å². The van der Waals surface area contributed by atoms with E-state index in [1.54, 1.807) is 6.33 Å². The molecule has 0 radical (unpaired) electrons. The van der Waals surface area contributed by atoms with Gasteiger partial charge in [0.1, 0.15) is 5.75 Å². The molecule has 0 aliphatic carbocycles. The Balaban J connectivity index is 1.62. The zero-order valence-electron chi connectivity index (χ0n) is 13.2. The van der Waals surface area contributed by atoms with Gasteiger partial charge in [0, 0.05) is 5.69 Å². The number of carbonyl (C=O) groups excluding carboxylic acids is 1. The van der Waals surface area contributed by atoms with E-state index >= 15 is 0 Å². The molecule has 0 aliphatic rings. The van der Waals surface area contributed by atoms with E-state index in [9.17, 15) is 4.79 Å². The molecule has 0 atom stereocenters. The topological polar surface area (TPSA) is 67.0 Å². The van der Waals surface area contributed by atoms with Gasteiger partial charge >= 0.3 is 0 Å². The van der Waals surface area contributed by atoms with Crippen LogP contribution in [0.15, 0.2) is 48.8 Å². The molecule has 1 amide bonds. The van der Waals surface area contributed by atoms with Gasteiger partial charge in [0.05, 0.1) is 29.9 Å². The van der Waals surface area contributed by atoms with Crippen LogP contribution in [0.5, 0.6) is 5.75 Å². The summed E-state index contributed by atoms with van der Waals surface area (Å²) in [5, 5.41) is 2.89. The largest absolute Gasteiger partial charge is 0.491 e. The molecule has 0 fully saturated rings. The average molecular weight is 309 g/mol. The number of carbonyl (C=O) groups is 1. The van der Waals surface area contributed by atoms with E-state index in [4.69, 9.17) is 4.74 Å². The number of nitrogens with one attached hydrogen (secondary N) is 2. The van der Waals surface area contributed by atoms with Crippen molar-refractivity contribution < 1.29 is 9.53 Å². The lowest BCUT2D eigenvalue weighted by Crippen LogP contribution is -2.14. The van der Waals surface area contributed by atoms with Gasteiger partial charge in [-0.1, -0.05) is 6.07 Å². The molecule has 0 saturated heterocycles. The first-order chi connectivity index (χ1) is 11.1. The van der Waals surface area contributed by atoms with E-state index in [-0.39, 0.29) is 12.0 Å². The van der Waals surface area contributed by atoms with Crippen LogP contribution < -0.4 is 10.1 Å². The Morgan fingerprint density at radius 2 is 2.00 bits per heavy atom. The van der Waals surface area contributed by atoms with Crippen LogP contribution in [0, 0.1) is 0 Å². The molecule has 3 rings (SSSR count). The number of ether oxygens (including phenoxy) is 1. The van der Waals surface area contributed by atoms with Gasteiger partial charge in [-0.15, -0.1) is 0 Å². The molecule has 23 heavy (non-hydrogen) atoms. The van der Waals surface area contributed by atoms with E-state index in [1.165, 1.54) is 0 Å². The minimum Gasteiger partial charge on any atom is -0.491 e. The van der Waals surface area contributed by atoms with Crippen molar-refractivity contribution in [1.82, 2.24) is 9.97 Å². The van der Waals surface area contributed by atoms with Gasteiger partial charge in [-0.05, 0) is 55.8 Å². The number of hydrogen-bond donors (Lipinski definition) is 2. The molecule has 1 aromatic heterocycles. The average Bonchev–Trinajstić information content (AvgIpc) is 2.96. The first-order valence-electron chi connectivity index (χ1n) is 7.59. The fourth-order valence-electron chi connectivity index (χ4n) is 2.37. The number of aromatic nitrogens is 2. The number of nitrogens with zero attached hydrogens (tertiary/aromatic N) is 1. The normalized spacial score (nSPS) is 10.9. The number of fused-ring (bicyclic) bond motifs is 1. The third kappa shape index (κ3) is 3.88. The van der Waals surface area contributed by atoms with E-state index in [2.05, 4.69) is 15.3 Å². The number of amides is 1. The number of H-pyrrole nitrogens is 1. The lowest BCUT2D eigenvalue weighted by Gasteiger charge is -2.10. The van der Waals surface area contributed by atoms with Crippen LogP contribution in [-0.4, -0.2) is 22.0 Å². The van der Waals surface area contributed by atoms with Gasteiger partial charge in [-0.25, -0.2) is 4.98 Å². The summed E-state index contributed by atoms with van der Waals surface area (Å²) in [5.74, 6) is 0.740. The summed E-state index contributed by atoms with van der Waals surface area (Å²) in [4.78, 5) is 19.4. The highest BCUT2D eigenvalue weighted by molar-refractivity contribution is 5.92. The lowest BCUT2D eigenvalue weighted by atomic mass is 10.1. The second kappa shape index (κ2) is 6.52. The fourth-order valence-corrected chi connectivity index (χ4v) is 2.37. The molecule has 0 saturated carbocycles. The molecule has 3 aromatic rings. The minimum absolute atomic E-state index is 0.0543. The highest BCUT2D eigenvalue weighted by Gasteiger charge is 2.06. The van der Waals surface area contributed by atoms with E-state index < -0.39 is 0 Å². The van der Waals surface area contributed by atoms with Gasteiger partial charge in [-0.3, -0.25) is 4.79 Å². The molecule has 5 heteroatoms. The minimum atomic E-state index is -0.0543. The summed E-state index contributed by atoms with van der Waals surface area (Å²) in [6, 6.07) is 13.2. The third-order valence-corrected chi connectivity index (χ3v) is 3.36. The monoisotopic (exact) mass is 309 g/mol. The van der Waals surface area contributed by atoms with E-state index in [1.807, 2.05) is 56.3 Å². The highest BCUT2D eigenvalue weighted by atomic mass is 16.5. The molecular formula is C18H19N3O2. The summed E-state index contributed by atoms with van der Waals surface area (Å²) in [6.45, 7) is 3.96. The third-order valence-electron chi connectivity index (χ3n) is 3.36. The van der Waals surface area contributed by atoms with Crippen molar-refractivity contribution in [3.8, 4) is 5.75 Å². The Bertz CT molecular complexity index is 807. The van der Waals surface area contributed by atoms with Crippen molar-refractivity contribution in [3.05, 3.63) is 54.4 Å². The maximum atomic E-state index is 12.2. The molecule has 0 aliphatic heterocycles. The van der Waals surface area contributed by atoms with Gasteiger partial charge in [0.25, 0.3) is 0 Å². The molecule has 0 bridgehead atoms. The van der Waals surface area contributed by atoms with Crippen LogP contribution in [0.4, 0.5) is 5.69 Å². The van der Waals surface area contributed by atoms with Crippen LogP contribution in [0.2, 0.25) is 0 Å². The van der Waals surface area contributed by atoms with Crippen molar-refractivity contribution in [1.29, 1.82) is 0 Å². The predicted octanol–water partition coefficient (Wildman–Crippen LogP) is 3.53. The Kier molecular flexibility index (Phi) is 4.28. The quantitative estimate of drug-likeness (QED) is 0.757. The zero-order chi connectivity index (χ0) is 16.2. The molecule has 2 aromatic carbocycles. The first-order valence-corrected chi connectivity index (χ1v) is 7.59. The summed E-state index contributed by atoms with van der Waals surface area (Å²) >= 11 is 0. The SMILES string of the molecule is CC(C)Oc1ccc(NC(=O)Cc2ccc3nc[nH]c3c2)cc1. The smallest absolute Gasteiger partial charge is 0.228 e. The zero-order valence-corrected chi connectivity index (χ0v) is 13.2. The predicted molar refractivity (Wildman–Crippen MR) is 90.6 cm³/mol. The maximum Gasteiger partial charge on any atom is 0.228 e. The van der Waals surface area contributed by atoms with Crippen molar-refractivity contribution in [2.24, 2.45) is 0 Å². The van der Waals surface area contributed by atoms with E-state index in [0.29, 0.717) is 6.42 Å². The number of anilines is 1. The molecule has 2 N–H and O–H groups in total. The van der Waals surface area contributed by atoms with Crippen molar-refractivity contribution in [2.45, 2.75) is 26.4 Å². The first kappa shape index (κ1) is 15.1. The van der Waals surface area contributed by atoms with Crippen molar-refractivity contribution >= 4 is 22.6 Å². The molecular weight excluding hydrogens is 290 g/mol. The summed E-state index contributed by atoms with van der Waals surface area (Å²) in [7, 11) is 0. The molecule has 118 valence electrons. The summed E-state index contributed by atoms with van der Waals surface area (Å²) in [6.07, 6.45) is 2.10. The fraction of sp³-hybridized carbons (Fsp3) is 0.222. The number of imidazole rings is 1. The van der Waals surface area contributed by atoms with Crippen LogP contribution >= 0.6 is 0 Å². The molecule has 0 unspecified atom stereocenters. The highest BCUT2D eigenvalue weighted by Crippen LogP contribution is 2.17. The van der Waals surface area contributed by atoms with Crippen LogP contribution in [0.1, 0.15) is 19.4 Å². The maximum absolute atomic E-state index is 12.2. The lowest BCUT2D eigenvalue weighted by molar-refractivity contribution is -0.115. The molecule has 1 heterocycles. The summed E-state index contributed by atoms with van der Waals surface area (Å²) < 4.78 is 5.58. The Morgan fingerprint density at radius 1 is 1.22 bits per heavy atom. The Hall–Kier alpha value is -2.82. The number of hydrogen-bond acceptors (Lipinski definition) is 3. The second-order valence-electron chi connectivity index (χ2n) is 5.67. The van der Waals surface area contributed by atoms with Crippen LogP contribution in [-0.2, 0) is 11.2 Å². The van der Waals surface area contributed by atoms with Gasteiger partial charge < -0.3 is 15.0 Å². The van der Waals surface area contributed by atoms with Crippen molar-refractivity contribution in [2.75, 3.05) is 5.32 Å². The van der Waals surface area contributed by atoms with Crippen LogP contribution in [0.25, 0.3) is 11.0 Å². The second-order valence-corrected chi connectivity index (χ2v) is 5.67. The van der Waals surface area contributed by atoms with Gasteiger partial charge in [0.2, 0.25) is 5.91 Å². The number of aromatic amines is 1. The van der Waals surface area contributed by atoms with Gasteiger partial charge in [0.15, 0.2) is 0 Å². The standard InChI is InChI=1S/C18H19N3O2/c1-12(2)23-15-6-4-14(5-7-15)21-18(22)10-13-3-8-16-17(9-13)20-11-19-16/h3-9,11-12H,10H2,1-2H3,(H,19,20)(H,21,22). The van der Waals surface area contributed by atoms with Gasteiger partial charge in [-0.2, -0.15) is 0 Å². The number of rotatable bonds is 5. The Labute approximate surface area is 134 Å².